The first-order chi connectivity index (χ1) is 12.9. The number of aromatic amines is 1. The first kappa shape index (κ1) is 18.9. The highest BCUT2D eigenvalue weighted by Gasteiger charge is 2.33. The number of aromatic nitrogens is 4. The highest BCUT2D eigenvalue weighted by molar-refractivity contribution is 5.71. The molecule has 7 nitrogen and oxygen atoms in total. The predicted molar refractivity (Wildman–Crippen MR) is 95.7 cm³/mol. The highest BCUT2D eigenvalue weighted by Crippen LogP contribution is 2.32. The summed E-state index contributed by atoms with van der Waals surface area (Å²) in [7, 11) is 1.85. The van der Waals surface area contributed by atoms with E-state index in [1.54, 1.807) is 0 Å². The largest absolute Gasteiger partial charge is 0.416 e. The molecular weight excluding hydrogens is 361 g/mol. The second kappa shape index (κ2) is 7.78. The number of fused-ring (bicyclic) bond motifs is 1. The van der Waals surface area contributed by atoms with Crippen molar-refractivity contribution in [2.24, 2.45) is 0 Å². The number of nitrogens with zero attached hydrogens (tertiary/aromatic N) is 3. The van der Waals surface area contributed by atoms with E-state index in [1.165, 1.54) is 29.0 Å². The Labute approximate surface area is 152 Å². The smallest absolute Gasteiger partial charge is 0.354 e. The van der Waals surface area contributed by atoms with E-state index in [9.17, 15) is 18.0 Å². The van der Waals surface area contributed by atoms with E-state index in [0.29, 0.717) is 18.0 Å². The van der Waals surface area contributed by atoms with Crippen LogP contribution in [0.25, 0.3) is 11.2 Å². The van der Waals surface area contributed by atoms with Crippen LogP contribution in [0.1, 0.15) is 17.5 Å². The number of imidazole rings is 1. The lowest BCUT2D eigenvalue weighted by Gasteiger charge is -2.13. The number of nitrogens with one attached hydrogen (secondary N) is 3. The number of anilines is 1. The van der Waals surface area contributed by atoms with Crippen molar-refractivity contribution in [3.8, 4) is 0 Å². The normalized spacial score (nSPS) is 11.9. The molecule has 0 unspecified atom stereocenters. The summed E-state index contributed by atoms with van der Waals surface area (Å²) in [6, 6.07) is 5.18. The lowest BCUT2D eigenvalue weighted by molar-refractivity contribution is -0.138. The fourth-order valence-corrected chi connectivity index (χ4v) is 2.75. The van der Waals surface area contributed by atoms with Crippen molar-refractivity contribution in [2.45, 2.75) is 19.1 Å². The van der Waals surface area contributed by atoms with Crippen LogP contribution in [0, 0.1) is 0 Å². The summed E-state index contributed by atoms with van der Waals surface area (Å²) in [6.45, 7) is 1.20. The molecule has 0 aliphatic heterocycles. The van der Waals surface area contributed by atoms with Gasteiger partial charge in [0.05, 0.1) is 18.3 Å². The van der Waals surface area contributed by atoms with Crippen molar-refractivity contribution in [2.75, 3.05) is 25.5 Å². The maximum Gasteiger partial charge on any atom is 0.416 e. The monoisotopic (exact) mass is 380 g/mol. The van der Waals surface area contributed by atoms with Crippen LogP contribution in [0.3, 0.4) is 0 Å². The molecule has 1 aromatic carbocycles. The Morgan fingerprint density at radius 2 is 2.00 bits per heavy atom. The molecule has 2 aromatic heterocycles. The van der Waals surface area contributed by atoms with Crippen LogP contribution in [-0.2, 0) is 12.7 Å². The van der Waals surface area contributed by atoms with Crippen LogP contribution in [-0.4, -0.2) is 39.7 Å². The molecule has 0 fully saturated rings. The molecule has 3 aromatic rings. The molecule has 0 saturated carbocycles. The predicted octanol–water partition coefficient (Wildman–Crippen LogP) is 2.21. The summed E-state index contributed by atoms with van der Waals surface area (Å²) in [6.07, 6.45) is -2.21. The lowest BCUT2D eigenvalue weighted by Crippen LogP contribution is -2.20. The average Bonchev–Trinajstić information content (AvgIpc) is 2.93. The minimum Gasteiger partial charge on any atom is -0.354 e. The van der Waals surface area contributed by atoms with E-state index in [4.69, 9.17) is 0 Å². The first-order valence-electron chi connectivity index (χ1n) is 8.39. The minimum atomic E-state index is -4.50. The Hall–Kier alpha value is -2.88. The van der Waals surface area contributed by atoms with Crippen molar-refractivity contribution in [3.63, 3.8) is 0 Å². The van der Waals surface area contributed by atoms with Crippen LogP contribution >= 0.6 is 0 Å². The van der Waals surface area contributed by atoms with E-state index in [2.05, 4.69) is 25.6 Å². The molecule has 0 saturated heterocycles. The van der Waals surface area contributed by atoms with Crippen LogP contribution in [0.4, 0.5) is 19.1 Å². The van der Waals surface area contributed by atoms with Gasteiger partial charge in [0, 0.05) is 6.54 Å². The van der Waals surface area contributed by atoms with Crippen LogP contribution in [0.15, 0.2) is 35.3 Å². The molecule has 0 amide bonds. The van der Waals surface area contributed by atoms with E-state index < -0.39 is 17.4 Å². The zero-order chi connectivity index (χ0) is 19.4. The molecule has 0 atom stereocenters. The zero-order valence-corrected chi connectivity index (χ0v) is 14.6. The van der Waals surface area contributed by atoms with Crippen molar-refractivity contribution in [1.29, 1.82) is 0 Å². The van der Waals surface area contributed by atoms with Crippen LogP contribution in [0.5, 0.6) is 0 Å². The first-order valence-corrected chi connectivity index (χ1v) is 8.39. The quantitative estimate of drug-likeness (QED) is 0.547. The maximum atomic E-state index is 13.2. The lowest BCUT2D eigenvalue weighted by atomic mass is 10.1. The summed E-state index contributed by atoms with van der Waals surface area (Å²) >= 11 is 0. The third-order valence-corrected chi connectivity index (χ3v) is 4.05. The molecule has 3 rings (SSSR count). The van der Waals surface area contributed by atoms with Gasteiger partial charge in [0.25, 0.3) is 0 Å². The second-order valence-electron chi connectivity index (χ2n) is 5.99. The van der Waals surface area contributed by atoms with Gasteiger partial charge in [-0.25, -0.2) is 9.78 Å². The number of H-pyrrole nitrogens is 1. The van der Waals surface area contributed by atoms with Crippen molar-refractivity contribution >= 4 is 17.1 Å². The Bertz CT molecular complexity index is 979. The van der Waals surface area contributed by atoms with Gasteiger partial charge in [-0.1, -0.05) is 18.2 Å². The molecule has 3 N–H and O–H groups in total. The van der Waals surface area contributed by atoms with Gasteiger partial charge in [-0.3, -0.25) is 4.57 Å². The molecule has 0 bridgehead atoms. The molecule has 27 heavy (non-hydrogen) atoms. The summed E-state index contributed by atoms with van der Waals surface area (Å²) < 4.78 is 40.8. The number of benzene rings is 1. The van der Waals surface area contributed by atoms with Gasteiger partial charge in [-0.15, -0.1) is 0 Å². The summed E-state index contributed by atoms with van der Waals surface area (Å²) in [5, 5.41) is 6.05. The van der Waals surface area contributed by atoms with Crippen molar-refractivity contribution in [1.82, 2.24) is 24.8 Å². The zero-order valence-electron chi connectivity index (χ0n) is 14.6. The second-order valence-corrected chi connectivity index (χ2v) is 5.99. The number of rotatable bonds is 7. The van der Waals surface area contributed by atoms with Crippen molar-refractivity contribution < 1.29 is 13.2 Å². The Kier molecular flexibility index (Phi) is 5.45. The summed E-state index contributed by atoms with van der Waals surface area (Å²) in [4.78, 5) is 23.2. The maximum absolute atomic E-state index is 13.2. The van der Waals surface area contributed by atoms with E-state index in [1.807, 2.05) is 7.05 Å². The van der Waals surface area contributed by atoms with Gasteiger partial charge in [0.2, 0.25) is 5.95 Å². The third-order valence-electron chi connectivity index (χ3n) is 4.05. The Morgan fingerprint density at radius 3 is 2.74 bits per heavy atom. The Morgan fingerprint density at radius 1 is 1.22 bits per heavy atom. The van der Waals surface area contributed by atoms with Crippen LogP contribution in [0.2, 0.25) is 0 Å². The number of halogens is 3. The highest BCUT2D eigenvalue weighted by atomic mass is 19.4. The van der Waals surface area contributed by atoms with E-state index >= 15 is 0 Å². The van der Waals surface area contributed by atoms with Gasteiger partial charge < -0.3 is 15.6 Å². The van der Waals surface area contributed by atoms with Gasteiger partial charge in [-0.05, 0) is 31.6 Å². The SMILES string of the molecule is CNCCCNc1ncc2[nH]c(=O)n(Cc3ccccc3C(F)(F)F)c2n1. The summed E-state index contributed by atoms with van der Waals surface area (Å²) in [5.74, 6) is 0.315. The average molecular weight is 380 g/mol. The molecule has 0 aliphatic rings. The number of hydrogen-bond acceptors (Lipinski definition) is 5. The molecule has 0 spiro atoms. The fourth-order valence-electron chi connectivity index (χ4n) is 2.75. The fraction of sp³-hybridized carbons (Fsp3) is 0.353. The molecular formula is C17H19F3N6O. The molecule has 144 valence electrons. The van der Waals surface area contributed by atoms with Crippen molar-refractivity contribution in [3.05, 3.63) is 52.1 Å². The van der Waals surface area contributed by atoms with Gasteiger partial charge in [-0.2, -0.15) is 18.2 Å². The van der Waals surface area contributed by atoms with Gasteiger partial charge >= 0.3 is 11.9 Å². The molecule has 0 aliphatic carbocycles. The van der Waals surface area contributed by atoms with E-state index in [-0.39, 0.29) is 17.8 Å². The summed E-state index contributed by atoms with van der Waals surface area (Å²) in [5.41, 5.74) is -0.696. The number of hydrogen-bond donors (Lipinski definition) is 3. The van der Waals surface area contributed by atoms with E-state index in [0.717, 1.165) is 19.0 Å². The molecule has 2 heterocycles. The standard InChI is InChI=1S/C17H19F3N6O/c1-21-7-4-8-22-15-23-9-13-14(25-15)26(16(27)24-13)10-11-5-2-3-6-12(11)17(18,19)20/h2-3,5-6,9,21H,4,7-8,10H2,1H3,(H,24,27)(H,22,23,25). The molecule has 10 heteroatoms. The molecule has 0 radical (unpaired) electrons. The van der Waals surface area contributed by atoms with Gasteiger partial charge in [0.1, 0.15) is 5.52 Å². The minimum absolute atomic E-state index is 0.00450. The number of alkyl halides is 3. The Balaban J connectivity index is 1.93. The third kappa shape index (κ3) is 4.27. The van der Waals surface area contributed by atoms with Crippen LogP contribution < -0.4 is 16.3 Å². The van der Waals surface area contributed by atoms with Gasteiger partial charge in [0.15, 0.2) is 5.65 Å². The topological polar surface area (TPSA) is 87.6 Å².